The van der Waals surface area contributed by atoms with Crippen molar-refractivity contribution in [2.75, 3.05) is 0 Å². The number of aldehydes is 2. The number of hydrogen-bond donors (Lipinski definition) is 0. The van der Waals surface area contributed by atoms with E-state index in [1.807, 2.05) is 72.8 Å². The van der Waals surface area contributed by atoms with Crippen LogP contribution in [-0.4, -0.2) is 12.6 Å². The Morgan fingerprint density at radius 2 is 1.03 bits per heavy atom. The second kappa shape index (κ2) is 10.6. The summed E-state index contributed by atoms with van der Waals surface area (Å²) in [5.41, 5.74) is 3.60. The fraction of sp³-hybridized carbons (Fsp3) is 0.214. The first-order valence-corrected chi connectivity index (χ1v) is 10.8. The fourth-order valence-corrected chi connectivity index (χ4v) is 4.26. The molecule has 2 aliphatic carbocycles. The lowest BCUT2D eigenvalue weighted by atomic mass is 9.75. The van der Waals surface area contributed by atoms with Crippen LogP contribution in [0, 0.1) is 11.8 Å². The van der Waals surface area contributed by atoms with Crippen LogP contribution in [0.25, 0.3) is 0 Å². The smallest absolute Gasteiger partial charge is 0.124 e. The summed E-state index contributed by atoms with van der Waals surface area (Å²) in [6, 6.07) is 19.8. The van der Waals surface area contributed by atoms with E-state index in [1.54, 1.807) is 0 Å². The predicted molar refractivity (Wildman–Crippen MR) is 123 cm³/mol. The maximum absolute atomic E-state index is 11.6. The summed E-state index contributed by atoms with van der Waals surface area (Å²) in [4.78, 5) is 23.2. The van der Waals surface area contributed by atoms with Crippen LogP contribution in [-0.2, 0) is 32.3 Å². The molecular formula is C28H26O4. The molecule has 4 rings (SSSR count). The van der Waals surface area contributed by atoms with Crippen molar-refractivity contribution in [3.05, 3.63) is 119 Å². The van der Waals surface area contributed by atoms with Gasteiger partial charge in [-0.05, 0) is 11.1 Å². The SMILES string of the molecule is O=CCC1=C(OCc2ccccc2)C2C=CC=CC2C(OCc2ccccc2)=C1CC=O. The minimum Gasteiger partial charge on any atom is -0.492 e. The van der Waals surface area contributed by atoms with E-state index in [0.717, 1.165) is 46.4 Å². The molecule has 0 bridgehead atoms. The molecule has 0 heterocycles. The van der Waals surface area contributed by atoms with Crippen LogP contribution < -0.4 is 0 Å². The van der Waals surface area contributed by atoms with E-state index in [4.69, 9.17) is 9.47 Å². The Bertz CT molecular complexity index is 974. The molecule has 0 saturated heterocycles. The van der Waals surface area contributed by atoms with Crippen molar-refractivity contribution in [1.82, 2.24) is 0 Å². The van der Waals surface area contributed by atoms with Crippen molar-refractivity contribution in [2.24, 2.45) is 11.8 Å². The van der Waals surface area contributed by atoms with Gasteiger partial charge in [0.05, 0.1) is 0 Å². The molecule has 32 heavy (non-hydrogen) atoms. The van der Waals surface area contributed by atoms with Crippen molar-refractivity contribution >= 4 is 12.6 Å². The summed E-state index contributed by atoms with van der Waals surface area (Å²) in [7, 11) is 0. The van der Waals surface area contributed by atoms with Gasteiger partial charge in [-0.1, -0.05) is 85.0 Å². The number of hydrogen-bond acceptors (Lipinski definition) is 4. The molecule has 2 aromatic carbocycles. The van der Waals surface area contributed by atoms with Gasteiger partial charge in [0.1, 0.15) is 37.3 Å². The van der Waals surface area contributed by atoms with Crippen LogP contribution in [0.3, 0.4) is 0 Å². The van der Waals surface area contributed by atoms with E-state index in [1.165, 1.54) is 0 Å². The molecule has 0 aromatic heterocycles. The van der Waals surface area contributed by atoms with Crippen molar-refractivity contribution in [1.29, 1.82) is 0 Å². The van der Waals surface area contributed by atoms with Gasteiger partial charge in [0, 0.05) is 35.8 Å². The highest BCUT2D eigenvalue weighted by Gasteiger charge is 2.38. The van der Waals surface area contributed by atoms with Gasteiger partial charge in [0.15, 0.2) is 0 Å². The molecule has 162 valence electrons. The van der Waals surface area contributed by atoms with Gasteiger partial charge in [0.25, 0.3) is 0 Å². The summed E-state index contributed by atoms with van der Waals surface area (Å²) in [5.74, 6) is 1.32. The lowest BCUT2D eigenvalue weighted by molar-refractivity contribution is -0.108. The normalized spacial score (nSPS) is 19.5. The van der Waals surface area contributed by atoms with E-state index in [2.05, 4.69) is 12.2 Å². The van der Waals surface area contributed by atoms with Gasteiger partial charge in [-0.2, -0.15) is 0 Å². The first kappa shape index (κ1) is 21.6. The Kier molecular flexibility index (Phi) is 7.13. The average molecular weight is 427 g/mol. The van der Waals surface area contributed by atoms with E-state index < -0.39 is 0 Å². The summed E-state index contributed by atoms with van der Waals surface area (Å²) in [6.45, 7) is 0.793. The highest BCUT2D eigenvalue weighted by molar-refractivity contribution is 5.66. The molecule has 4 nitrogen and oxygen atoms in total. The Balaban J connectivity index is 1.72. The molecule has 0 spiro atoms. The monoisotopic (exact) mass is 426 g/mol. The highest BCUT2D eigenvalue weighted by atomic mass is 16.5. The number of fused-ring (bicyclic) bond motifs is 1. The third-order valence-electron chi connectivity index (χ3n) is 5.75. The van der Waals surface area contributed by atoms with Gasteiger partial charge in [0.2, 0.25) is 0 Å². The molecule has 2 aliphatic rings. The van der Waals surface area contributed by atoms with Crippen LogP contribution in [0.2, 0.25) is 0 Å². The van der Waals surface area contributed by atoms with Crippen molar-refractivity contribution in [3.63, 3.8) is 0 Å². The summed E-state index contributed by atoms with van der Waals surface area (Å²) < 4.78 is 12.6. The van der Waals surface area contributed by atoms with Crippen molar-refractivity contribution in [3.8, 4) is 0 Å². The Morgan fingerprint density at radius 1 is 0.625 bits per heavy atom. The molecule has 2 atom stereocenters. The van der Waals surface area contributed by atoms with Gasteiger partial charge in [-0.25, -0.2) is 0 Å². The molecule has 0 aliphatic heterocycles. The first-order chi connectivity index (χ1) is 15.8. The topological polar surface area (TPSA) is 52.6 Å². The number of rotatable bonds is 10. The summed E-state index contributed by atoms with van der Waals surface area (Å²) in [6.07, 6.45) is 10.2. The number of benzene rings is 2. The largest absolute Gasteiger partial charge is 0.492 e. The molecule has 0 N–H and O–H groups in total. The van der Waals surface area contributed by atoms with E-state index in [0.29, 0.717) is 13.2 Å². The van der Waals surface area contributed by atoms with Crippen LogP contribution in [0.4, 0.5) is 0 Å². The molecule has 2 unspecified atom stereocenters. The second-order valence-electron chi connectivity index (χ2n) is 7.80. The molecule has 0 radical (unpaired) electrons. The highest BCUT2D eigenvalue weighted by Crippen LogP contribution is 2.45. The average Bonchev–Trinajstić information content (AvgIpc) is 2.85. The lowest BCUT2D eigenvalue weighted by Crippen LogP contribution is -2.28. The fourth-order valence-electron chi connectivity index (χ4n) is 4.26. The molecule has 2 aromatic rings. The molecule has 0 fully saturated rings. The van der Waals surface area contributed by atoms with Crippen LogP contribution in [0.1, 0.15) is 24.0 Å². The Labute approximate surface area is 188 Å². The van der Waals surface area contributed by atoms with Crippen molar-refractivity contribution in [2.45, 2.75) is 26.1 Å². The standard InChI is InChI=1S/C28H26O4/c29-17-15-25-26(16-18-30)28(32-20-22-11-5-2-6-12-22)24-14-8-7-13-23(24)27(25)31-19-21-9-3-1-4-10-21/h1-14,17-18,23-24H,15-16,19-20H2. The van der Waals surface area contributed by atoms with Crippen LogP contribution in [0.5, 0.6) is 0 Å². The molecule has 4 heteroatoms. The maximum Gasteiger partial charge on any atom is 0.124 e. The van der Waals surface area contributed by atoms with Crippen molar-refractivity contribution < 1.29 is 19.1 Å². The quantitative estimate of drug-likeness (QED) is 0.472. The zero-order valence-corrected chi connectivity index (χ0v) is 17.9. The zero-order chi connectivity index (χ0) is 22.2. The van der Waals surface area contributed by atoms with E-state index in [9.17, 15) is 9.59 Å². The summed E-state index contributed by atoms with van der Waals surface area (Å²) >= 11 is 0. The van der Waals surface area contributed by atoms with Crippen LogP contribution in [0.15, 0.2) is 108 Å². The predicted octanol–water partition coefficient (Wildman–Crippen LogP) is 5.48. The first-order valence-electron chi connectivity index (χ1n) is 10.8. The number of ether oxygens (including phenoxy) is 2. The van der Waals surface area contributed by atoms with E-state index >= 15 is 0 Å². The zero-order valence-electron chi connectivity index (χ0n) is 17.9. The maximum atomic E-state index is 11.6. The lowest BCUT2D eigenvalue weighted by Gasteiger charge is -2.36. The third kappa shape index (κ3) is 4.80. The summed E-state index contributed by atoms with van der Waals surface area (Å²) in [5, 5.41) is 0. The van der Waals surface area contributed by atoms with Gasteiger partial charge < -0.3 is 19.1 Å². The number of carbonyl (C=O) groups is 2. The number of carbonyl (C=O) groups excluding carboxylic acids is 2. The molecule has 0 amide bonds. The second-order valence-corrected chi connectivity index (χ2v) is 7.80. The van der Waals surface area contributed by atoms with Gasteiger partial charge in [-0.3, -0.25) is 0 Å². The van der Waals surface area contributed by atoms with Gasteiger partial charge >= 0.3 is 0 Å². The Hall–Kier alpha value is -3.66. The number of allylic oxidation sites excluding steroid dienone is 6. The van der Waals surface area contributed by atoms with E-state index in [-0.39, 0.29) is 24.7 Å². The molecular weight excluding hydrogens is 400 g/mol. The van der Waals surface area contributed by atoms with Crippen LogP contribution >= 0.6 is 0 Å². The third-order valence-corrected chi connectivity index (χ3v) is 5.75. The minimum absolute atomic E-state index is 0.0835. The molecule has 0 saturated carbocycles. The Morgan fingerprint density at radius 3 is 1.41 bits per heavy atom. The minimum atomic E-state index is -0.0835. The van der Waals surface area contributed by atoms with Gasteiger partial charge in [-0.15, -0.1) is 0 Å².